The van der Waals surface area contributed by atoms with Crippen molar-refractivity contribution in [3.63, 3.8) is 0 Å². The molecule has 1 N–H and O–H groups in total. The Kier molecular flexibility index (Phi) is 4.88. The van der Waals surface area contributed by atoms with Crippen molar-refractivity contribution in [2.45, 2.75) is 39.2 Å². The third-order valence-electron chi connectivity index (χ3n) is 4.42. The minimum Gasteiger partial charge on any atom is -0.310 e. The van der Waals surface area contributed by atoms with Crippen LogP contribution in [-0.4, -0.2) is 40.5 Å². The first-order valence-corrected chi connectivity index (χ1v) is 8.20. The van der Waals surface area contributed by atoms with Gasteiger partial charge >= 0.3 is 0 Å². The molecule has 3 rings (SSSR count). The van der Waals surface area contributed by atoms with Gasteiger partial charge in [0.15, 0.2) is 0 Å². The number of aryl methyl sites for hydroxylation is 1. The van der Waals surface area contributed by atoms with E-state index < -0.39 is 0 Å². The van der Waals surface area contributed by atoms with Gasteiger partial charge < -0.3 is 14.6 Å². The summed E-state index contributed by atoms with van der Waals surface area (Å²) in [5, 5.41) is 3.59. The number of hydrogen-bond acceptors (Lipinski definition) is 3. The minimum atomic E-state index is 0.894. The third-order valence-corrected chi connectivity index (χ3v) is 4.42. The molecule has 0 radical (unpaired) electrons. The summed E-state index contributed by atoms with van der Waals surface area (Å²) in [4.78, 5) is 7.21. The molecule has 2 aromatic heterocycles. The van der Waals surface area contributed by atoms with Crippen molar-refractivity contribution in [2.24, 2.45) is 0 Å². The number of hydrogen-bond donors (Lipinski definition) is 1. The molecular formula is C17H26N4. The fraction of sp³-hybridized carbons (Fsp3) is 0.588. The van der Waals surface area contributed by atoms with Crippen LogP contribution in [0.5, 0.6) is 0 Å². The molecule has 0 amide bonds. The van der Waals surface area contributed by atoms with E-state index in [4.69, 9.17) is 0 Å². The number of rotatable bonds is 5. The van der Waals surface area contributed by atoms with Crippen LogP contribution in [0.1, 0.15) is 37.1 Å². The van der Waals surface area contributed by atoms with Gasteiger partial charge in [0, 0.05) is 25.8 Å². The van der Waals surface area contributed by atoms with Gasteiger partial charge in [-0.05, 0) is 45.0 Å². The van der Waals surface area contributed by atoms with E-state index in [1.54, 1.807) is 0 Å². The van der Waals surface area contributed by atoms with Gasteiger partial charge in [0.25, 0.3) is 0 Å². The molecule has 2 aromatic rings. The number of pyridine rings is 1. The van der Waals surface area contributed by atoms with E-state index in [-0.39, 0.29) is 0 Å². The van der Waals surface area contributed by atoms with Crippen molar-refractivity contribution >= 4 is 5.65 Å². The molecule has 1 fully saturated rings. The lowest BCUT2D eigenvalue weighted by molar-refractivity contribution is 0.284. The molecular weight excluding hydrogens is 260 g/mol. The zero-order valence-corrected chi connectivity index (χ0v) is 13.0. The van der Waals surface area contributed by atoms with Crippen molar-refractivity contribution in [3.05, 3.63) is 35.8 Å². The Morgan fingerprint density at radius 2 is 1.95 bits per heavy atom. The second-order valence-corrected chi connectivity index (χ2v) is 6.01. The normalized spacial score (nSPS) is 17.2. The first-order valence-electron chi connectivity index (χ1n) is 8.20. The summed E-state index contributed by atoms with van der Waals surface area (Å²) >= 11 is 0. The van der Waals surface area contributed by atoms with Crippen LogP contribution < -0.4 is 5.32 Å². The van der Waals surface area contributed by atoms with Crippen LogP contribution in [0.3, 0.4) is 0 Å². The maximum Gasteiger partial charge on any atom is 0.137 e. The SMILES string of the molecule is Cc1nc2ccccn2c1CNCCN1CCCCCC1. The first-order chi connectivity index (χ1) is 10.3. The van der Waals surface area contributed by atoms with E-state index in [9.17, 15) is 0 Å². The average Bonchev–Trinajstić information content (AvgIpc) is 2.67. The van der Waals surface area contributed by atoms with E-state index in [1.807, 2.05) is 6.07 Å². The first kappa shape index (κ1) is 14.5. The molecule has 1 saturated heterocycles. The Labute approximate surface area is 127 Å². The van der Waals surface area contributed by atoms with Gasteiger partial charge in [0.1, 0.15) is 5.65 Å². The third kappa shape index (κ3) is 3.63. The van der Waals surface area contributed by atoms with E-state index in [0.29, 0.717) is 0 Å². The number of nitrogens with zero attached hydrogens (tertiary/aromatic N) is 3. The molecule has 1 aliphatic rings. The second kappa shape index (κ2) is 7.05. The molecule has 0 bridgehead atoms. The molecule has 0 spiro atoms. The smallest absolute Gasteiger partial charge is 0.137 e. The Balaban J connectivity index is 1.51. The van der Waals surface area contributed by atoms with Gasteiger partial charge in [-0.2, -0.15) is 0 Å². The van der Waals surface area contributed by atoms with Crippen molar-refractivity contribution in [2.75, 3.05) is 26.2 Å². The lowest BCUT2D eigenvalue weighted by Crippen LogP contribution is -2.32. The standard InChI is InChI=1S/C17H26N4/c1-15-16(21-12-7-4-8-17(21)19-15)14-18-9-13-20-10-5-2-3-6-11-20/h4,7-8,12,18H,2-3,5-6,9-11,13-14H2,1H3. The molecule has 3 heterocycles. The van der Waals surface area contributed by atoms with Crippen LogP contribution in [0.4, 0.5) is 0 Å². The Morgan fingerprint density at radius 1 is 1.14 bits per heavy atom. The quantitative estimate of drug-likeness (QED) is 0.858. The highest BCUT2D eigenvalue weighted by atomic mass is 15.1. The van der Waals surface area contributed by atoms with Crippen LogP contribution in [-0.2, 0) is 6.54 Å². The zero-order chi connectivity index (χ0) is 14.5. The van der Waals surface area contributed by atoms with E-state index in [0.717, 1.165) is 31.0 Å². The van der Waals surface area contributed by atoms with Gasteiger partial charge in [-0.1, -0.05) is 18.9 Å². The largest absolute Gasteiger partial charge is 0.310 e. The lowest BCUT2D eigenvalue weighted by Gasteiger charge is -2.19. The topological polar surface area (TPSA) is 32.6 Å². The van der Waals surface area contributed by atoms with Crippen molar-refractivity contribution in [3.8, 4) is 0 Å². The Bertz CT molecular complexity index is 567. The zero-order valence-electron chi connectivity index (χ0n) is 13.0. The van der Waals surface area contributed by atoms with E-state index in [2.05, 4.69) is 44.9 Å². The van der Waals surface area contributed by atoms with Crippen LogP contribution in [0.15, 0.2) is 24.4 Å². The maximum atomic E-state index is 4.61. The summed E-state index contributed by atoms with van der Waals surface area (Å²) < 4.78 is 2.19. The summed E-state index contributed by atoms with van der Waals surface area (Å²) in [6.45, 7) is 7.76. The molecule has 0 unspecified atom stereocenters. The highest BCUT2D eigenvalue weighted by molar-refractivity contribution is 5.42. The van der Waals surface area contributed by atoms with Crippen LogP contribution in [0.25, 0.3) is 5.65 Å². The van der Waals surface area contributed by atoms with Gasteiger partial charge in [0.05, 0.1) is 11.4 Å². The predicted molar refractivity (Wildman–Crippen MR) is 86.5 cm³/mol. The van der Waals surface area contributed by atoms with Gasteiger partial charge in [-0.3, -0.25) is 0 Å². The molecule has 0 aromatic carbocycles. The molecule has 21 heavy (non-hydrogen) atoms. The Hall–Kier alpha value is -1.39. The maximum absolute atomic E-state index is 4.61. The fourth-order valence-corrected chi connectivity index (χ4v) is 3.18. The molecule has 1 aliphatic heterocycles. The average molecular weight is 286 g/mol. The van der Waals surface area contributed by atoms with Gasteiger partial charge in [-0.15, -0.1) is 0 Å². The van der Waals surface area contributed by atoms with Crippen molar-refractivity contribution < 1.29 is 0 Å². The lowest BCUT2D eigenvalue weighted by atomic mass is 10.2. The van der Waals surface area contributed by atoms with E-state index in [1.165, 1.54) is 44.5 Å². The fourth-order valence-electron chi connectivity index (χ4n) is 3.18. The summed E-state index contributed by atoms with van der Waals surface area (Å²) in [6.07, 6.45) is 7.65. The summed E-state index contributed by atoms with van der Waals surface area (Å²) in [5.74, 6) is 0. The summed E-state index contributed by atoms with van der Waals surface area (Å²) in [6, 6.07) is 6.17. The van der Waals surface area contributed by atoms with Gasteiger partial charge in [0.2, 0.25) is 0 Å². The molecule has 0 aliphatic carbocycles. The summed E-state index contributed by atoms with van der Waals surface area (Å²) in [7, 11) is 0. The molecule has 4 nitrogen and oxygen atoms in total. The molecule has 0 atom stereocenters. The highest BCUT2D eigenvalue weighted by Crippen LogP contribution is 2.11. The summed E-state index contributed by atoms with van der Waals surface area (Å²) in [5.41, 5.74) is 3.45. The van der Waals surface area contributed by atoms with Crippen molar-refractivity contribution in [1.29, 1.82) is 0 Å². The Morgan fingerprint density at radius 3 is 2.76 bits per heavy atom. The predicted octanol–water partition coefficient (Wildman–Crippen LogP) is 2.61. The highest BCUT2D eigenvalue weighted by Gasteiger charge is 2.09. The number of imidazole rings is 1. The number of likely N-dealkylation sites (tertiary alicyclic amines) is 1. The molecule has 0 saturated carbocycles. The molecule has 114 valence electrons. The molecule has 4 heteroatoms. The van der Waals surface area contributed by atoms with Crippen LogP contribution in [0, 0.1) is 6.92 Å². The number of nitrogens with one attached hydrogen (secondary N) is 1. The minimum absolute atomic E-state index is 0.894. The van der Waals surface area contributed by atoms with Gasteiger partial charge in [-0.25, -0.2) is 4.98 Å². The second-order valence-electron chi connectivity index (χ2n) is 6.01. The number of aromatic nitrogens is 2. The number of fused-ring (bicyclic) bond motifs is 1. The van der Waals surface area contributed by atoms with Crippen molar-refractivity contribution in [1.82, 2.24) is 19.6 Å². The van der Waals surface area contributed by atoms with Crippen LogP contribution >= 0.6 is 0 Å². The van der Waals surface area contributed by atoms with Crippen LogP contribution in [0.2, 0.25) is 0 Å². The monoisotopic (exact) mass is 286 g/mol. The van der Waals surface area contributed by atoms with E-state index >= 15 is 0 Å².